The van der Waals surface area contributed by atoms with Gasteiger partial charge in [-0.25, -0.2) is 0 Å². The van der Waals surface area contributed by atoms with E-state index in [0.29, 0.717) is 5.78 Å². The average Bonchev–Trinajstić information content (AvgIpc) is 2.37. The minimum Gasteiger partial charge on any atom is -0.299 e. The second-order valence-electron chi connectivity index (χ2n) is 5.59. The van der Waals surface area contributed by atoms with E-state index in [1.165, 1.54) is 5.56 Å². The number of hydrogen-bond donors (Lipinski definition) is 0. The standard InChI is InChI=1S/C17H22O/c1-3-11-17(12-7-8-14(2)16(17)18)13-15-9-5-4-6-10-15/h3-6,9-10,14H,1,7-8,11-13H2,2H3. The average molecular weight is 242 g/mol. The molecule has 0 heterocycles. The lowest BCUT2D eigenvalue weighted by Crippen LogP contribution is -2.40. The van der Waals surface area contributed by atoms with E-state index in [0.717, 1.165) is 32.1 Å². The monoisotopic (exact) mass is 242 g/mol. The summed E-state index contributed by atoms with van der Waals surface area (Å²) in [4.78, 5) is 12.6. The van der Waals surface area contributed by atoms with Gasteiger partial charge in [0, 0.05) is 11.3 Å². The predicted octanol–water partition coefficient (Wildman–Crippen LogP) is 4.18. The van der Waals surface area contributed by atoms with Crippen LogP contribution in [0.2, 0.25) is 0 Å². The van der Waals surface area contributed by atoms with E-state index in [1.807, 2.05) is 24.3 Å². The van der Waals surface area contributed by atoms with E-state index in [2.05, 4.69) is 25.6 Å². The Morgan fingerprint density at radius 3 is 2.78 bits per heavy atom. The maximum atomic E-state index is 12.6. The van der Waals surface area contributed by atoms with Crippen molar-refractivity contribution in [3.05, 3.63) is 48.6 Å². The number of rotatable bonds is 4. The number of hydrogen-bond acceptors (Lipinski definition) is 1. The fourth-order valence-corrected chi connectivity index (χ4v) is 3.24. The summed E-state index contributed by atoms with van der Waals surface area (Å²) in [5, 5.41) is 0. The molecule has 0 bridgehead atoms. The van der Waals surface area contributed by atoms with Crippen molar-refractivity contribution >= 4 is 5.78 Å². The lowest BCUT2D eigenvalue weighted by Gasteiger charge is -2.38. The van der Waals surface area contributed by atoms with Crippen LogP contribution in [0.15, 0.2) is 43.0 Å². The molecular formula is C17H22O. The Bertz CT molecular complexity index is 420. The van der Waals surface area contributed by atoms with Crippen molar-refractivity contribution in [3.8, 4) is 0 Å². The molecule has 0 spiro atoms. The van der Waals surface area contributed by atoms with Gasteiger partial charge in [0.2, 0.25) is 0 Å². The molecule has 18 heavy (non-hydrogen) atoms. The smallest absolute Gasteiger partial charge is 0.142 e. The zero-order valence-electron chi connectivity index (χ0n) is 11.2. The van der Waals surface area contributed by atoms with Gasteiger partial charge in [0.1, 0.15) is 5.78 Å². The molecule has 0 amide bonds. The number of Topliss-reactive ketones (excluding diaryl/α,β-unsaturated/α-hetero) is 1. The molecule has 1 heteroatoms. The molecule has 1 aromatic carbocycles. The van der Waals surface area contributed by atoms with Gasteiger partial charge in [-0.15, -0.1) is 6.58 Å². The molecule has 1 fully saturated rings. The van der Waals surface area contributed by atoms with E-state index in [-0.39, 0.29) is 11.3 Å². The van der Waals surface area contributed by atoms with Crippen LogP contribution in [0.3, 0.4) is 0 Å². The summed E-state index contributed by atoms with van der Waals surface area (Å²) in [6, 6.07) is 10.4. The van der Waals surface area contributed by atoms with Gasteiger partial charge < -0.3 is 0 Å². The highest BCUT2D eigenvalue weighted by Crippen LogP contribution is 2.41. The maximum Gasteiger partial charge on any atom is 0.142 e. The number of allylic oxidation sites excluding steroid dienone is 1. The van der Waals surface area contributed by atoms with Crippen LogP contribution in [-0.4, -0.2) is 5.78 Å². The first-order valence-electron chi connectivity index (χ1n) is 6.87. The second kappa shape index (κ2) is 5.51. The van der Waals surface area contributed by atoms with Gasteiger partial charge >= 0.3 is 0 Å². The van der Waals surface area contributed by atoms with Crippen LogP contribution < -0.4 is 0 Å². The quantitative estimate of drug-likeness (QED) is 0.724. The Hall–Kier alpha value is -1.37. The van der Waals surface area contributed by atoms with E-state index in [9.17, 15) is 4.79 Å². The second-order valence-corrected chi connectivity index (χ2v) is 5.59. The van der Waals surface area contributed by atoms with Crippen LogP contribution in [-0.2, 0) is 11.2 Å². The van der Waals surface area contributed by atoms with Crippen molar-refractivity contribution in [2.24, 2.45) is 11.3 Å². The van der Waals surface area contributed by atoms with Crippen molar-refractivity contribution < 1.29 is 4.79 Å². The van der Waals surface area contributed by atoms with E-state index >= 15 is 0 Å². The van der Waals surface area contributed by atoms with Crippen molar-refractivity contribution in [3.63, 3.8) is 0 Å². The van der Waals surface area contributed by atoms with Gasteiger partial charge in [0.05, 0.1) is 0 Å². The van der Waals surface area contributed by atoms with E-state index in [4.69, 9.17) is 0 Å². The lowest BCUT2D eigenvalue weighted by atomic mass is 9.64. The number of ketones is 1. The predicted molar refractivity (Wildman–Crippen MR) is 75.4 cm³/mol. The Balaban J connectivity index is 2.26. The topological polar surface area (TPSA) is 17.1 Å². The van der Waals surface area contributed by atoms with E-state index < -0.39 is 0 Å². The molecule has 0 aromatic heterocycles. The molecule has 2 rings (SSSR count). The van der Waals surface area contributed by atoms with Gasteiger partial charge in [-0.3, -0.25) is 4.79 Å². The summed E-state index contributed by atoms with van der Waals surface area (Å²) in [6.45, 7) is 5.92. The van der Waals surface area contributed by atoms with E-state index in [1.54, 1.807) is 0 Å². The number of carbonyl (C=O) groups is 1. The molecule has 1 saturated carbocycles. The number of benzene rings is 1. The first-order chi connectivity index (χ1) is 8.68. The Kier molecular flexibility index (Phi) is 4.00. The Labute approximate surface area is 110 Å². The highest BCUT2D eigenvalue weighted by Gasteiger charge is 2.41. The Morgan fingerprint density at radius 1 is 1.39 bits per heavy atom. The molecule has 1 nitrogen and oxygen atoms in total. The third kappa shape index (κ3) is 2.55. The molecule has 0 N–H and O–H groups in total. The summed E-state index contributed by atoms with van der Waals surface area (Å²) in [7, 11) is 0. The summed E-state index contributed by atoms with van der Waals surface area (Å²) in [5.74, 6) is 0.653. The van der Waals surface area contributed by atoms with Gasteiger partial charge in [-0.2, -0.15) is 0 Å². The minimum atomic E-state index is -0.194. The highest BCUT2D eigenvalue weighted by atomic mass is 16.1. The molecule has 1 aromatic rings. The fraction of sp³-hybridized carbons (Fsp3) is 0.471. The summed E-state index contributed by atoms with van der Waals surface area (Å²) < 4.78 is 0. The molecule has 0 radical (unpaired) electrons. The van der Waals surface area contributed by atoms with Crippen LogP contribution in [0.25, 0.3) is 0 Å². The molecule has 2 unspecified atom stereocenters. The third-order valence-electron chi connectivity index (χ3n) is 4.18. The highest BCUT2D eigenvalue weighted by molar-refractivity contribution is 5.88. The molecule has 2 atom stereocenters. The Morgan fingerprint density at radius 2 is 2.11 bits per heavy atom. The molecule has 96 valence electrons. The largest absolute Gasteiger partial charge is 0.299 e. The molecule has 1 aliphatic carbocycles. The first kappa shape index (κ1) is 13.1. The normalized spacial score (nSPS) is 28.1. The van der Waals surface area contributed by atoms with Gasteiger partial charge in [0.15, 0.2) is 0 Å². The van der Waals surface area contributed by atoms with Crippen molar-refractivity contribution in [1.29, 1.82) is 0 Å². The number of carbonyl (C=O) groups excluding carboxylic acids is 1. The van der Waals surface area contributed by atoms with Crippen molar-refractivity contribution in [1.82, 2.24) is 0 Å². The molecule has 1 aliphatic rings. The molecule has 0 saturated heterocycles. The fourth-order valence-electron chi connectivity index (χ4n) is 3.24. The van der Waals surface area contributed by atoms with Crippen LogP contribution >= 0.6 is 0 Å². The zero-order valence-corrected chi connectivity index (χ0v) is 11.2. The van der Waals surface area contributed by atoms with Gasteiger partial charge in [-0.1, -0.05) is 49.8 Å². The SMILES string of the molecule is C=CCC1(Cc2ccccc2)CCCC(C)C1=O. The van der Waals surface area contributed by atoms with Gasteiger partial charge in [-0.05, 0) is 31.2 Å². The maximum absolute atomic E-state index is 12.6. The van der Waals surface area contributed by atoms with Crippen molar-refractivity contribution in [2.75, 3.05) is 0 Å². The minimum absolute atomic E-state index is 0.194. The third-order valence-corrected chi connectivity index (χ3v) is 4.18. The summed E-state index contributed by atoms with van der Waals surface area (Å²) >= 11 is 0. The lowest BCUT2D eigenvalue weighted by molar-refractivity contribution is -0.135. The van der Waals surface area contributed by atoms with Crippen LogP contribution in [0.1, 0.15) is 38.2 Å². The zero-order chi connectivity index (χ0) is 13.0. The van der Waals surface area contributed by atoms with Gasteiger partial charge in [0.25, 0.3) is 0 Å². The summed E-state index contributed by atoms with van der Waals surface area (Å²) in [6.07, 6.45) is 6.81. The van der Waals surface area contributed by atoms with Crippen LogP contribution in [0.4, 0.5) is 0 Å². The molecule has 0 aliphatic heterocycles. The summed E-state index contributed by atoms with van der Waals surface area (Å²) in [5.41, 5.74) is 1.07. The molecular weight excluding hydrogens is 220 g/mol. The van der Waals surface area contributed by atoms with Crippen LogP contribution in [0.5, 0.6) is 0 Å². The first-order valence-corrected chi connectivity index (χ1v) is 6.87. The van der Waals surface area contributed by atoms with Crippen LogP contribution in [0, 0.1) is 11.3 Å². The van der Waals surface area contributed by atoms with Crippen molar-refractivity contribution in [2.45, 2.75) is 39.0 Å².